The summed E-state index contributed by atoms with van der Waals surface area (Å²) in [4.78, 5) is 19.6. The van der Waals surface area contributed by atoms with Gasteiger partial charge in [-0.15, -0.1) is 0 Å². The first-order chi connectivity index (χ1) is 17.1. The first-order valence-electron chi connectivity index (χ1n) is 11.7. The average Bonchev–Trinajstić information content (AvgIpc) is 3.59. The summed E-state index contributed by atoms with van der Waals surface area (Å²) < 4.78 is 16.8. The van der Waals surface area contributed by atoms with Gasteiger partial charge in [0, 0.05) is 30.6 Å². The third kappa shape index (κ3) is 4.91. The molecule has 0 spiro atoms. The summed E-state index contributed by atoms with van der Waals surface area (Å²) >= 11 is 0. The summed E-state index contributed by atoms with van der Waals surface area (Å²) in [5.74, 6) is 3.01. The molecule has 1 fully saturated rings. The van der Waals surface area contributed by atoms with Crippen molar-refractivity contribution in [3.63, 3.8) is 0 Å². The summed E-state index contributed by atoms with van der Waals surface area (Å²) in [6.07, 6.45) is 4.19. The Morgan fingerprint density at radius 2 is 2.03 bits per heavy atom. The number of carbonyl (C=O) groups excluding carboxylic acids is 1. The van der Waals surface area contributed by atoms with Crippen LogP contribution in [0.5, 0.6) is 11.5 Å². The lowest BCUT2D eigenvalue weighted by atomic mass is 9.97. The maximum Gasteiger partial charge on any atom is 0.271 e. The van der Waals surface area contributed by atoms with Crippen LogP contribution in [0.1, 0.15) is 46.5 Å². The van der Waals surface area contributed by atoms with E-state index < -0.39 is 0 Å². The number of amides is 1. The zero-order valence-electron chi connectivity index (χ0n) is 19.9. The van der Waals surface area contributed by atoms with Crippen molar-refractivity contribution in [1.82, 2.24) is 20.1 Å². The number of nitrogens with one attached hydrogen (secondary N) is 1. The van der Waals surface area contributed by atoms with Crippen molar-refractivity contribution >= 4 is 5.91 Å². The standard InChI is InChI=1S/C27H28N4O4/c1-33-21-10-5-8-18(13-21)23-15-24(30-29-23)27(32)31-12-6-9-20(17-31)26-28-16-22(35-26)14-19-7-3-4-11-25(19)34-2/h3-5,7-8,10-11,13,15-16,20H,6,9,12,14,17H2,1-2H3,(H,29,30)/t20-/m0/s1. The zero-order chi connectivity index (χ0) is 24.2. The summed E-state index contributed by atoms with van der Waals surface area (Å²) in [6, 6.07) is 17.3. The molecular formula is C27H28N4O4. The molecule has 1 aliphatic rings. The number of ether oxygens (including phenoxy) is 2. The molecule has 5 rings (SSSR count). The molecule has 180 valence electrons. The molecule has 3 heterocycles. The molecule has 1 saturated heterocycles. The molecule has 8 nitrogen and oxygen atoms in total. The van der Waals surface area contributed by atoms with Crippen molar-refractivity contribution in [3.05, 3.63) is 83.7 Å². The van der Waals surface area contributed by atoms with E-state index in [1.807, 2.05) is 53.4 Å². The third-order valence-electron chi connectivity index (χ3n) is 6.36. The molecule has 1 amide bonds. The highest BCUT2D eigenvalue weighted by Crippen LogP contribution is 2.30. The van der Waals surface area contributed by atoms with Gasteiger partial charge in [0.1, 0.15) is 23.0 Å². The van der Waals surface area contributed by atoms with Gasteiger partial charge in [-0.2, -0.15) is 5.10 Å². The van der Waals surface area contributed by atoms with Crippen molar-refractivity contribution in [2.45, 2.75) is 25.2 Å². The minimum absolute atomic E-state index is 0.0555. The fraction of sp³-hybridized carbons (Fsp3) is 0.296. The van der Waals surface area contributed by atoms with Gasteiger partial charge in [-0.05, 0) is 37.1 Å². The number of benzene rings is 2. The van der Waals surface area contributed by atoms with Gasteiger partial charge in [0.2, 0.25) is 0 Å². The molecule has 0 aliphatic carbocycles. The number of methoxy groups -OCH3 is 2. The Morgan fingerprint density at radius 3 is 2.89 bits per heavy atom. The van der Waals surface area contributed by atoms with Gasteiger partial charge in [0.25, 0.3) is 5.91 Å². The summed E-state index contributed by atoms with van der Waals surface area (Å²) in [6.45, 7) is 1.25. The van der Waals surface area contributed by atoms with E-state index in [0.29, 0.717) is 36.8 Å². The molecule has 1 atom stereocenters. The fourth-order valence-corrected chi connectivity index (χ4v) is 4.52. The lowest BCUT2D eigenvalue weighted by molar-refractivity contribution is 0.0692. The van der Waals surface area contributed by atoms with Crippen LogP contribution in [-0.4, -0.2) is 53.3 Å². The van der Waals surface area contributed by atoms with Crippen LogP contribution in [0.4, 0.5) is 0 Å². The maximum absolute atomic E-state index is 13.2. The van der Waals surface area contributed by atoms with E-state index in [2.05, 4.69) is 15.2 Å². The number of likely N-dealkylation sites (tertiary alicyclic amines) is 1. The second-order valence-electron chi connectivity index (χ2n) is 8.64. The molecule has 0 radical (unpaired) electrons. The fourth-order valence-electron chi connectivity index (χ4n) is 4.52. The Labute approximate surface area is 203 Å². The number of piperidine rings is 1. The highest BCUT2D eigenvalue weighted by atomic mass is 16.5. The number of carbonyl (C=O) groups is 1. The van der Waals surface area contributed by atoms with Gasteiger partial charge in [-0.1, -0.05) is 30.3 Å². The Bertz CT molecular complexity index is 1310. The predicted molar refractivity (Wildman–Crippen MR) is 131 cm³/mol. The molecule has 8 heteroatoms. The number of para-hydroxylation sites is 1. The van der Waals surface area contributed by atoms with Gasteiger partial charge in [-0.25, -0.2) is 4.98 Å². The van der Waals surface area contributed by atoms with E-state index in [9.17, 15) is 4.79 Å². The lowest BCUT2D eigenvalue weighted by Gasteiger charge is -2.30. The Hall–Kier alpha value is -4.07. The van der Waals surface area contributed by atoms with Crippen molar-refractivity contribution in [3.8, 4) is 22.8 Å². The number of aromatic nitrogens is 3. The normalized spacial score (nSPS) is 15.7. The summed E-state index contributed by atoms with van der Waals surface area (Å²) in [5.41, 5.74) is 3.10. The quantitative estimate of drug-likeness (QED) is 0.419. The van der Waals surface area contributed by atoms with Crippen molar-refractivity contribution in [1.29, 1.82) is 0 Å². The van der Waals surface area contributed by atoms with Crippen molar-refractivity contribution in [2.75, 3.05) is 27.3 Å². The topological polar surface area (TPSA) is 93.5 Å². The number of hydrogen-bond donors (Lipinski definition) is 1. The molecule has 2 aromatic heterocycles. The maximum atomic E-state index is 13.2. The SMILES string of the molecule is COc1cccc(-c2cc(C(=O)N3CCC[C@H](c4ncc(Cc5ccccc5OC)o4)C3)[nH]n2)c1. The van der Waals surface area contributed by atoms with Gasteiger partial charge in [0.05, 0.1) is 32.0 Å². The second kappa shape index (κ2) is 10.0. The van der Waals surface area contributed by atoms with Gasteiger partial charge in [0.15, 0.2) is 5.89 Å². The van der Waals surface area contributed by atoms with E-state index in [1.165, 1.54) is 0 Å². The minimum Gasteiger partial charge on any atom is -0.497 e. The van der Waals surface area contributed by atoms with Crippen LogP contribution >= 0.6 is 0 Å². The van der Waals surface area contributed by atoms with E-state index >= 15 is 0 Å². The monoisotopic (exact) mass is 472 g/mol. The highest BCUT2D eigenvalue weighted by Gasteiger charge is 2.29. The van der Waals surface area contributed by atoms with Crippen LogP contribution in [0, 0.1) is 0 Å². The highest BCUT2D eigenvalue weighted by molar-refractivity contribution is 5.93. The van der Waals surface area contributed by atoms with Gasteiger partial charge < -0.3 is 18.8 Å². The Balaban J connectivity index is 1.26. The molecule has 1 N–H and O–H groups in total. The predicted octanol–water partition coefficient (Wildman–Crippen LogP) is 4.69. The molecule has 1 aliphatic heterocycles. The Morgan fingerprint density at radius 1 is 1.14 bits per heavy atom. The van der Waals surface area contributed by atoms with Crippen LogP contribution in [0.25, 0.3) is 11.3 Å². The first-order valence-corrected chi connectivity index (χ1v) is 11.7. The number of rotatable bonds is 7. The van der Waals surface area contributed by atoms with Gasteiger partial charge >= 0.3 is 0 Å². The van der Waals surface area contributed by atoms with Crippen LogP contribution in [-0.2, 0) is 6.42 Å². The molecule has 35 heavy (non-hydrogen) atoms. The van der Waals surface area contributed by atoms with E-state index in [1.54, 1.807) is 26.5 Å². The second-order valence-corrected chi connectivity index (χ2v) is 8.64. The van der Waals surface area contributed by atoms with Crippen LogP contribution in [0.3, 0.4) is 0 Å². The van der Waals surface area contributed by atoms with E-state index in [-0.39, 0.29) is 11.8 Å². The summed E-state index contributed by atoms with van der Waals surface area (Å²) in [7, 11) is 3.29. The zero-order valence-corrected chi connectivity index (χ0v) is 19.9. The van der Waals surface area contributed by atoms with Gasteiger partial charge in [-0.3, -0.25) is 9.89 Å². The molecule has 0 bridgehead atoms. The van der Waals surface area contributed by atoms with Crippen LogP contribution < -0.4 is 9.47 Å². The van der Waals surface area contributed by atoms with Crippen LogP contribution in [0.2, 0.25) is 0 Å². The molecule has 0 saturated carbocycles. The third-order valence-corrected chi connectivity index (χ3v) is 6.36. The van der Waals surface area contributed by atoms with Crippen molar-refractivity contribution < 1.29 is 18.7 Å². The molecular weight excluding hydrogens is 444 g/mol. The lowest BCUT2D eigenvalue weighted by Crippen LogP contribution is -2.39. The van der Waals surface area contributed by atoms with E-state index in [4.69, 9.17) is 13.9 Å². The number of hydrogen-bond acceptors (Lipinski definition) is 6. The number of H-pyrrole nitrogens is 1. The molecule has 2 aromatic carbocycles. The van der Waals surface area contributed by atoms with Crippen molar-refractivity contribution in [2.24, 2.45) is 0 Å². The molecule has 0 unspecified atom stereocenters. The average molecular weight is 473 g/mol. The van der Waals surface area contributed by atoms with Crippen LogP contribution in [0.15, 0.2) is 65.2 Å². The largest absolute Gasteiger partial charge is 0.497 e. The van der Waals surface area contributed by atoms with E-state index in [0.717, 1.165) is 41.2 Å². The summed E-state index contributed by atoms with van der Waals surface area (Å²) in [5, 5.41) is 7.25. The number of oxazole rings is 1. The number of nitrogens with zero attached hydrogens (tertiary/aromatic N) is 3. The molecule has 4 aromatic rings. The Kier molecular flexibility index (Phi) is 6.52. The number of aromatic amines is 1. The smallest absolute Gasteiger partial charge is 0.271 e. The first kappa shape index (κ1) is 22.7. The minimum atomic E-state index is -0.0721.